The van der Waals surface area contributed by atoms with Crippen molar-refractivity contribution in [2.75, 3.05) is 25.4 Å². The van der Waals surface area contributed by atoms with Gasteiger partial charge in [0.2, 0.25) is 0 Å². The number of rotatable bonds is 3. The molecule has 102 valence electrons. The normalized spacial score (nSPS) is 23.8. The summed E-state index contributed by atoms with van der Waals surface area (Å²) >= 11 is 0. The predicted octanol–water partition coefficient (Wildman–Crippen LogP) is 3.24. The van der Waals surface area contributed by atoms with Gasteiger partial charge in [0.05, 0.1) is 0 Å². The first-order valence-electron chi connectivity index (χ1n) is 7.57. The lowest BCUT2D eigenvalue weighted by molar-refractivity contribution is 0.225. The summed E-state index contributed by atoms with van der Waals surface area (Å²) in [6, 6.07) is 8.30. The van der Waals surface area contributed by atoms with Crippen LogP contribution in [0.3, 0.4) is 0 Å². The van der Waals surface area contributed by atoms with E-state index in [1.165, 1.54) is 44.3 Å². The van der Waals surface area contributed by atoms with E-state index >= 15 is 0 Å². The van der Waals surface area contributed by atoms with E-state index in [9.17, 15) is 0 Å². The highest BCUT2D eigenvalue weighted by atomic mass is 15.1. The van der Waals surface area contributed by atoms with E-state index in [1.807, 2.05) is 6.07 Å². The molecule has 1 aromatic rings. The van der Waals surface area contributed by atoms with Crippen molar-refractivity contribution in [3.05, 3.63) is 41.5 Å². The molecule has 3 rings (SSSR count). The highest BCUT2D eigenvalue weighted by Gasteiger charge is 2.24. The van der Waals surface area contributed by atoms with Gasteiger partial charge in [0.15, 0.2) is 0 Å². The predicted molar refractivity (Wildman–Crippen MR) is 81.0 cm³/mol. The summed E-state index contributed by atoms with van der Waals surface area (Å²) in [4.78, 5) is 2.61. The van der Waals surface area contributed by atoms with E-state index < -0.39 is 0 Å². The van der Waals surface area contributed by atoms with Crippen molar-refractivity contribution >= 4 is 5.69 Å². The van der Waals surface area contributed by atoms with Crippen molar-refractivity contribution in [2.45, 2.75) is 32.1 Å². The second-order valence-electron chi connectivity index (χ2n) is 5.97. The molecule has 2 heteroatoms. The number of nitrogen functional groups attached to an aromatic ring is 1. The van der Waals surface area contributed by atoms with Crippen LogP contribution in [0.1, 0.15) is 31.2 Å². The van der Waals surface area contributed by atoms with Gasteiger partial charge in [0, 0.05) is 18.8 Å². The third-order valence-electron chi connectivity index (χ3n) is 4.56. The van der Waals surface area contributed by atoms with Crippen LogP contribution in [0.5, 0.6) is 0 Å². The molecule has 0 spiro atoms. The van der Waals surface area contributed by atoms with Crippen molar-refractivity contribution in [3.63, 3.8) is 0 Å². The Labute approximate surface area is 116 Å². The lowest BCUT2D eigenvalue weighted by atomic mass is 9.82. The summed E-state index contributed by atoms with van der Waals surface area (Å²) in [6.07, 6.45) is 9.10. The molecule has 1 aromatic carbocycles. The van der Waals surface area contributed by atoms with Crippen LogP contribution < -0.4 is 5.73 Å². The molecule has 1 saturated heterocycles. The average Bonchev–Trinajstić information content (AvgIpc) is 2.45. The molecule has 1 aliphatic heterocycles. The Hall–Kier alpha value is -1.28. The van der Waals surface area contributed by atoms with Crippen LogP contribution in [0.15, 0.2) is 35.9 Å². The smallest absolute Gasteiger partial charge is 0.0316 e. The highest BCUT2D eigenvalue weighted by Crippen LogP contribution is 2.31. The fourth-order valence-electron chi connectivity index (χ4n) is 3.43. The van der Waals surface area contributed by atoms with Gasteiger partial charge in [-0.2, -0.15) is 0 Å². The van der Waals surface area contributed by atoms with Crippen molar-refractivity contribution < 1.29 is 0 Å². The van der Waals surface area contributed by atoms with E-state index in [2.05, 4.69) is 29.2 Å². The standard InChI is InChI=1S/C17H24N2/c18-17-7-3-4-14(12-17)8-10-19-11-9-15-5-1-2-6-16(15)13-19/h3-4,6-7,12,15H,1-2,5,8-11,13,18H2/t15-/m1/s1. The molecule has 0 aromatic heterocycles. The summed E-state index contributed by atoms with van der Waals surface area (Å²) in [5.41, 5.74) is 9.79. The molecule has 0 amide bonds. The maximum Gasteiger partial charge on any atom is 0.0316 e. The molecule has 19 heavy (non-hydrogen) atoms. The largest absolute Gasteiger partial charge is 0.399 e. The molecule has 2 aliphatic rings. The average molecular weight is 256 g/mol. The second kappa shape index (κ2) is 5.79. The molecule has 0 saturated carbocycles. The number of piperidine rings is 1. The van der Waals surface area contributed by atoms with Crippen LogP contribution in [0, 0.1) is 5.92 Å². The molecule has 0 bridgehead atoms. The van der Waals surface area contributed by atoms with Gasteiger partial charge in [-0.05, 0) is 62.3 Å². The lowest BCUT2D eigenvalue weighted by Gasteiger charge is -2.36. The SMILES string of the molecule is Nc1cccc(CCN2CC[C@H]3CCCC=C3C2)c1. The highest BCUT2D eigenvalue weighted by molar-refractivity contribution is 5.40. The zero-order chi connectivity index (χ0) is 13.1. The van der Waals surface area contributed by atoms with Gasteiger partial charge >= 0.3 is 0 Å². The van der Waals surface area contributed by atoms with E-state index in [1.54, 1.807) is 5.57 Å². The third-order valence-corrected chi connectivity index (χ3v) is 4.56. The van der Waals surface area contributed by atoms with Crippen LogP contribution in [0.4, 0.5) is 5.69 Å². The van der Waals surface area contributed by atoms with E-state index in [0.717, 1.165) is 24.6 Å². The summed E-state index contributed by atoms with van der Waals surface area (Å²) < 4.78 is 0. The Balaban J connectivity index is 1.55. The first-order valence-corrected chi connectivity index (χ1v) is 7.57. The Morgan fingerprint density at radius 3 is 3.11 bits per heavy atom. The number of nitrogens with two attached hydrogens (primary N) is 1. The van der Waals surface area contributed by atoms with E-state index in [0.29, 0.717) is 0 Å². The molecule has 1 atom stereocenters. The second-order valence-corrected chi connectivity index (χ2v) is 5.97. The van der Waals surface area contributed by atoms with Gasteiger partial charge in [0.1, 0.15) is 0 Å². The summed E-state index contributed by atoms with van der Waals surface area (Å²) in [6.45, 7) is 3.63. The van der Waals surface area contributed by atoms with Crippen LogP contribution in [-0.2, 0) is 6.42 Å². The van der Waals surface area contributed by atoms with Gasteiger partial charge in [-0.15, -0.1) is 0 Å². The number of fused-ring (bicyclic) bond motifs is 1. The quantitative estimate of drug-likeness (QED) is 0.664. The fourth-order valence-corrected chi connectivity index (χ4v) is 3.43. The topological polar surface area (TPSA) is 29.3 Å². The molecule has 2 nitrogen and oxygen atoms in total. The molecule has 1 fully saturated rings. The van der Waals surface area contributed by atoms with Gasteiger partial charge in [-0.1, -0.05) is 23.8 Å². The number of anilines is 1. The fraction of sp³-hybridized carbons (Fsp3) is 0.529. The zero-order valence-corrected chi connectivity index (χ0v) is 11.6. The minimum Gasteiger partial charge on any atom is -0.399 e. The van der Waals surface area contributed by atoms with Crippen LogP contribution in [0.2, 0.25) is 0 Å². The number of likely N-dealkylation sites (tertiary alicyclic amines) is 1. The lowest BCUT2D eigenvalue weighted by Crippen LogP contribution is -2.37. The zero-order valence-electron chi connectivity index (χ0n) is 11.6. The maximum absolute atomic E-state index is 5.83. The maximum atomic E-state index is 5.83. The monoisotopic (exact) mass is 256 g/mol. The third kappa shape index (κ3) is 3.19. The molecular formula is C17H24N2. The van der Waals surface area contributed by atoms with Crippen LogP contribution in [0.25, 0.3) is 0 Å². The molecule has 2 N–H and O–H groups in total. The van der Waals surface area contributed by atoms with Crippen molar-refractivity contribution in [2.24, 2.45) is 5.92 Å². The first kappa shape index (κ1) is 12.7. The number of allylic oxidation sites excluding steroid dienone is 1. The van der Waals surface area contributed by atoms with Gasteiger partial charge < -0.3 is 5.73 Å². The Morgan fingerprint density at radius 2 is 2.21 bits per heavy atom. The molecular weight excluding hydrogens is 232 g/mol. The number of hydrogen-bond acceptors (Lipinski definition) is 2. The van der Waals surface area contributed by atoms with Gasteiger partial charge in [-0.3, -0.25) is 4.90 Å². The van der Waals surface area contributed by atoms with Crippen LogP contribution in [-0.4, -0.2) is 24.5 Å². The summed E-state index contributed by atoms with van der Waals surface area (Å²) in [5.74, 6) is 0.900. The Bertz CT molecular complexity index is 464. The Morgan fingerprint density at radius 1 is 1.26 bits per heavy atom. The summed E-state index contributed by atoms with van der Waals surface area (Å²) in [5, 5.41) is 0. The molecule has 0 radical (unpaired) electrons. The molecule has 0 unspecified atom stereocenters. The number of nitrogens with zero attached hydrogens (tertiary/aromatic N) is 1. The van der Waals surface area contributed by atoms with Gasteiger partial charge in [-0.25, -0.2) is 0 Å². The van der Waals surface area contributed by atoms with E-state index in [-0.39, 0.29) is 0 Å². The minimum absolute atomic E-state index is 0.881. The first-order chi connectivity index (χ1) is 9.31. The van der Waals surface area contributed by atoms with Crippen molar-refractivity contribution in [1.29, 1.82) is 0 Å². The molecule has 1 aliphatic carbocycles. The van der Waals surface area contributed by atoms with Crippen molar-refractivity contribution in [3.8, 4) is 0 Å². The minimum atomic E-state index is 0.881. The van der Waals surface area contributed by atoms with Crippen LogP contribution >= 0.6 is 0 Å². The number of benzene rings is 1. The van der Waals surface area contributed by atoms with Gasteiger partial charge in [0.25, 0.3) is 0 Å². The van der Waals surface area contributed by atoms with E-state index in [4.69, 9.17) is 5.73 Å². The Kier molecular flexibility index (Phi) is 3.88. The number of hydrogen-bond donors (Lipinski definition) is 1. The van der Waals surface area contributed by atoms with Crippen molar-refractivity contribution in [1.82, 2.24) is 4.90 Å². The summed E-state index contributed by atoms with van der Waals surface area (Å²) in [7, 11) is 0. The molecule has 1 heterocycles.